The Labute approximate surface area is 193 Å². The zero-order valence-electron chi connectivity index (χ0n) is 19.7. The van der Waals surface area contributed by atoms with Gasteiger partial charge < -0.3 is 9.80 Å². The molecule has 2 aliphatic heterocycles. The molecule has 1 aromatic heterocycles. The zero-order chi connectivity index (χ0) is 22.2. The summed E-state index contributed by atoms with van der Waals surface area (Å²) in [7, 11) is 0. The van der Waals surface area contributed by atoms with Gasteiger partial charge in [-0.2, -0.15) is 0 Å². The lowest BCUT2D eigenvalue weighted by Gasteiger charge is -2.32. The summed E-state index contributed by atoms with van der Waals surface area (Å²) in [5, 5.41) is 0. The first-order valence-electron chi connectivity index (χ1n) is 12.7. The molecule has 1 fully saturated rings. The molecule has 0 spiro atoms. The molecule has 1 amide bonds. The first kappa shape index (κ1) is 22.8. The van der Waals surface area contributed by atoms with Gasteiger partial charge in [0.1, 0.15) is 5.82 Å². The van der Waals surface area contributed by atoms with E-state index in [0.717, 1.165) is 55.4 Å². The fourth-order valence-corrected chi connectivity index (χ4v) is 4.91. The van der Waals surface area contributed by atoms with Gasteiger partial charge >= 0.3 is 0 Å². The van der Waals surface area contributed by atoms with Crippen LogP contribution in [0.2, 0.25) is 0 Å². The van der Waals surface area contributed by atoms with Gasteiger partial charge in [0, 0.05) is 43.6 Å². The van der Waals surface area contributed by atoms with Crippen LogP contribution in [-0.4, -0.2) is 40.4 Å². The molecule has 32 heavy (non-hydrogen) atoms. The van der Waals surface area contributed by atoms with E-state index in [4.69, 9.17) is 9.97 Å². The van der Waals surface area contributed by atoms with Crippen molar-refractivity contribution in [3.63, 3.8) is 0 Å². The highest BCUT2D eigenvalue weighted by Gasteiger charge is 2.28. The highest BCUT2D eigenvalue weighted by molar-refractivity contribution is 5.77. The number of unbranched alkanes of at least 4 members (excludes halogenated alkanes) is 6. The van der Waals surface area contributed by atoms with Gasteiger partial charge in [-0.05, 0) is 19.3 Å². The Hall–Kier alpha value is -2.43. The van der Waals surface area contributed by atoms with Crippen LogP contribution < -0.4 is 4.90 Å². The van der Waals surface area contributed by atoms with Crippen LogP contribution in [-0.2, 0) is 17.8 Å². The van der Waals surface area contributed by atoms with E-state index < -0.39 is 0 Å². The van der Waals surface area contributed by atoms with E-state index in [9.17, 15) is 4.79 Å². The first-order valence-corrected chi connectivity index (χ1v) is 12.7. The minimum Gasteiger partial charge on any atom is -0.356 e. The van der Waals surface area contributed by atoms with Crippen LogP contribution in [0.3, 0.4) is 0 Å². The standard InChI is InChI=1S/C27H38N4O/c1-2-3-4-5-6-7-11-16-25(32)31-20-17-24-23(21-31)27(30-18-12-13-19-30)29-26(28-24)22-14-9-8-10-15-22/h8-10,14-15H,2-7,11-13,16-21H2,1H3. The second-order valence-corrected chi connectivity index (χ2v) is 9.29. The monoisotopic (exact) mass is 434 g/mol. The minimum absolute atomic E-state index is 0.295. The van der Waals surface area contributed by atoms with E-state index in [2.05, 4.69) is 24.0 Å². The van der Waals surface area contributed by atoms with Gasteiger partial charge in [0.05, 0.1) is 12.2 Å². The van der Waals surface area contributed by atoms with Crippen molar-refractivity contribution in [2.75, 3.05) is 24.5 Å². The van der Waals surface area contributed by atoms with E-state index in [-0.39, 0.29) is 0 Å². The van der Waals surface area contributed by atoms with Crippen LogP contribution in [0, 0.1) is 0 Å². The average molecular weight is 435 g/mol. The maximum atomic E-state index is 12.9. The quantitative estimate of drug-likeness (QED) is 0.446. The molecule has 4 rings (SSSR count). The SMILES string of the molecule is CCCCCCCCCC(=O)N1CCc2nc(-c3ccccc3)nc(N3CCCC3)c2C1. The van der Waals surface area contributed by atoms with Crippen molar-refractivity contribution in [2.45, 2.75) is 84.1 Å². The van der Waals surface area contributed by atoms with E-state index >= 15 is 0 Å². The number of fused-ring (bicyclic) bond motifs is 1. The summed E-state index contributed by atoms with van der Waals surface area (Å²) >= 11 is 0. The summed E-state index contributed by atoms with van der Waals surface area (Å²) in [6.07, 6.45) is 12.6. The Morgan fingerprint density at radius 2 is 1.62 bits per heavy atom. The normalized spacial score (nSPS) is 15.8. The van der Waals surface area contributed by atoms with Gasteiger partial charge in [-0.25, -0.2) is 9.97 Å². The van der Waals surface area contributed by atoms with Crippen molar-refractivity contribution in [2.24, 2.45) is 0 Å². The molecular weight excluding hydrogens is 396 g/mol. The van der Waals surface area contributed by atoms with Crippen molar-refractivity contribution in [1.82, 2.24) is 14.9 Å². The first-order chi connectivity index (χ1) is 15.8. The number of hydrogen-bond acceptors (Lipinski definition) is 4. The van der Waals surface area contributed by atoms with Crippen molar-refractivity contribution in [3.05, 3.63) is 41.6 Å². The number of hydrogen-bond donors (Lipinski definition) is 0. The van der Waals surface area contributed by atoms with Gasteiger partial charge in [-0.3, -0.25) is 4.79 Å². The third kappa shape index (κ3) is 5.67. The fraction of sp³-hybridized carbons (Fsp3) is 0.593. The number of carbonyl (C=O) groups excluding carboxylic acids is 1. The lowest BCUT2D eigenvalue weighted by molar-refractivity contribution is -0.132. The number of aromatic nitrogens is 2. The molecule has 2 aliphatic rings. The fourth-order valence-electron chi connectivity index (χ4n) is 4.91. The molecule has 0 aliphatic carbocycles. The molecule has 5 heteroatoms. The number of nitrogens with zero attached hydrogens (tertiary/aromatic N) is 4. The molecule has 0 radical (unpaired) electrons. The van der Waals surface area contributed by atoms with Crippen molar-refractivity contribution >= 4 is 11.7 Å². The highest BCUT2D eigenvalue weighted by Crippen LogP contribution is 2.31. The van der Waals surface area contributed by atoms with Crippen LogP contribution >= 0.6 is 0 Å². The Morgan fingerprint density at radius 1 is 0.906 bits per heavy atom. The number of anilines is 1. The zero-order valence-corrected chi connectivity index (χ0v) is 19.7. The molecule has 1 saturated heterocycles. The van der Waals surface area contributed by atoms with Crippen molar-refractivity contribution in [3.8, 4) is 11.4 Å². The minimum atomic E-state index is 0.295. The van der Waals surface area contributed by atoms with E-state index in [1.165, 1.54) is 56.9 Å². The largest absolute Gasteiger partial charge is 0.356 e. The molecule has 172 valence electrons. The third-order valence-corrected chi connectivity index (χ3v) is 6.82. The van der Waals surface area contributed by atoms with E-state index in [1.807, 2.05) is 23.1 Å². The topological polar surface area (TPSA) is 49.3 Å². The van der Waals surface area contributed by atoms with E-state index in [0.29, 0.717) is 18.9 Å². The van der Waals surface area contributed by atoms with Crippen LogP contribution in [0.1, 0.15) is 82.4 Å². The molecule has 0 bridgehead atoms. The van der Waals surface area contributed by atoms with Crippen molar-refractivity contribution in [1.29, 1.82) is 0 Å². The molecule has 0 N–H and O–H groups in total. The predicted octanol–water partition coefficient (Wildman–Crippen LogP) is 5.77. The lowest BCUT2D eigenvalue weighted by Crippen LogP contribution is -2.38. The molecule has 2 aromatic rings. The maximum Gasteiger partial charge on any atom is 0.222 e. The molecule has 3 heterocycles. The average Bonchev–Trinajstić information content (AvgIpc) is 3.38. The van der Waals surface area contributed by atoms with Gasteiger partial charge in [0.15, 0.2) is 5.82 Å². The van der Waals surface area contributed by atoms with E-state index in [1.54, 1.807) is 0 Å². The summed E-state index contributed by atoms with van der Waals surface area (Å²) in [6, 6.07) is 10.3. The van der Waals surface area contributed by atoms with Crippen LogP contribution in [0.5, 0.6) is 0 Å². The Kier molecular flexibility index (Phi) is 8.13. The van der Waals surface area contributed by atoms with Gasteiger partial charge in [0.2, 0.25) is 5.91 Å². The number of rotatable bonds is 10. The molecular formula is C27H38N4O. The molecule has 5 nitrogen and oxygen atoms in total. The van der Waals surface area contributed by atoms with Gasteiger partial charge in [0.25, 0.3) is 0 Å². The van der Waals surface area contributed by atoms with Crippen molar-refractivity contribution < 1.29 is 4.79 Å². The van der Waals surface area contributed by atoms with Gasteiger partial charge in [-0.15, -0.1) is 0 Å². The maximum absolute atomic E-state index is 12.9. The van der Waals surface area contributed by atoms with Crippen LogP contribution in [0.15, 0.2) is 30.3 Å². The number of benzene rings is 1. The van der Waals surface area contributed by atoms with Gasteiger partial charge in [-0.1, -0.05) is 75.8 Å². The second-order valence-electron chi connectivity index (χ2n) is 9.29. The molecule has 0 saturated carbocycles. The molecule has 0 unspecified atom stereocenters. The Morgan fingerprint density at radius 3 is 2.38 bits per heavy atom. The highest BCUT2D eigenvalue weighted by atomic mass is 16.2. The summed E-state index contributed by atoms with van der Waals surface area (Å²) < 4.78 is 0. The predicted molar refractivity (Wildman–Crippen MR) is 131 cm³/mol. The number of carbonyl (C=O) groups is 1. The number of amides is 1. The summed E-state index contributed by atoms with van der Waals surface area (Å²) in [5.41, 5.74) is 3.36. The second kappa shape index (κ2) is 11.4. The third-order valence-electron chi connectivity index (χ3n) is 6.82. The smallest absolute Gasteiger partial charge is 0.222 e. The van der Waals surface area contributed by atoms with Crippen LogP contribution in [0.4, 0.5) is 5.82 Å². The Balaban J connectivity index is 1.43. The lowest BCUT2D eigenvalue weighted by atomic mass is 10.0. The molecule has 0 atom stereocenters. The summed E-state index contributed by atoms with van der Waals surface area (Å²) in [6.45, 7) is 5.77. The summed E-state index contributed by atoms with van der Waals surface area (Å²) in [5.74, 6) is 2.16. The Bertz CT molecular complexity index is 877. The summed E-state index contributed by atoms with van der Waals surface area (Å²) in [4.78, 5) is 27.3. The molecule has 1 aromatic carbocycles. The van der Waals surface area contributed by atoms with Crippen LogP contribution in [0.25, 0.3) is 11.4 Å².